The minimum absolute atomic E-state index is 0.123. The van der Waals surface area contributed by atoms with Gasteiger partial charge in [-0.25, -0.2) is 0 Å². The summed E-state index contributed by atoms with van der Waals surface area (Å²) in [7, 11) is 0. The summed E-state index contributed by atoms with van der Waals surface area (Å²) in [5.74, 6) is 2.27. The Hall–Kier alpha value is -5.48. The molecule has 2 N–H and O–H groups in total. The van der Waals surface area contributed by atoms with E-state index in [1.54, 1.807) is 0 Å². The zero-order chi connectivity index (χ0) is 44.6. The number of para-hydroxylation sites is 2. The number of hydrogen-bond donors (Lipinski definition) is 2. The van der Waals surface area contributed by atoms with Crippen LogP contribution >= 0.6 is 0 Å². The molecule has 4 heteroatoms. The van der Waals surface area contributed by atoms with Crippen LogP contribution < -0.4 is 9.47 Å². The van der Waals surface area contributed by atoms with E-state index in [9.17, 15) is 10.2 Å². The van der Waals surface area contributed by atoms with Gasteiger partial charge in [0, 0.05) is 39.8 Å². The first-order valence-electron chi connectivity index (χ1n) is 25.3. The van der Waals surface area contributed by atoms with Crippen molar-refractivity contribution in [3.63, 3.8) is 0 Å². The lowest BCUT2D eigenvalue weighted by Crippen LogP contribution is -2.27. The summed E-state index contributed by atoms with van der Waals surface area (Å²) in [6.07, 6.45) is 20.6. The molecule has 0 radical (unpaired) electrons. The van der Waals surface area contributed by atoms with Crippen LogP contribution in [0.25, 0.3) is 44.5 Å². The molecular weight excluding hydrogens is 797 g/mol. The van der Waals surface area contributed by atoms with Gasteiger partial charge in [0.2, 0.25) is 0 Å². The fourth-order valence-electron chi connectivity index (χ4n) is 12.1. The van der Waals surface area contributed by atoms with Gasteiger partial charge in [-0.3, -0.25) is 0 Å². The first-order valence-corrected chi connectivity index (χ1v) is 25.3. The number of phenolic OH excluding ortho intramolecular Hbond substituents is 2. The highest BCUT2D eigenvalue weighted by Crippen LogP contribution is 2.50. The van der Waals surface area contributed by atoms with E-state index in [-0.39, 0.29) is 12.2 Å². The summed E-state index contributed by atoms with van der Waals surface area (Å²) in [5.41, 5.74) is 22.1. The van der Waals surface area contributed by atoms with E-state index >= 15 is 0 Å². The lowest BCUT2D eigenvalue weighted by Gasteiger charge is -2.29. The molecule has 0 aromatic heterocycles. The van der Waals surface area contributed by atoms with E-state index in [4.69, 9.17) is 9.47 Å². The molecule has 6 aromatic carbocycles. The van der Waals surface area contributed by atoms with E-state index in [0.29, 0.717) is 17.9 Å². The topological polar surface area (TPSA) is 58.9 Å². The molecule has 1 unspecified atom stereocenters. The van der Waals surface area contributed by atoms with Crippen LogP contribution in [-0.4, -0.2) is 22.4 Å². The summed E-state index contributed by atoms with van der Waals surface area (Å²) >= 11 is 0. The largest absolute Gasteiger partial charge is 0.507 e. The van der Waals surface area contributed by atoms with E-state index in [0.717, 1.165) is 120 Å². The first kappa shape index (κ1) is 43.4. The molecule has 65 heavy (non-hydrogen) atoms. The van der Waals surface area contributed by atoms with Gasteiger partial charge in [-0.2, -0.15) is 0 Å². The smallest absolute Gasteiger partial charge is 0.131 e. The third-order valence-electron chi connectivity index (χ3n) is 15.4. The van der Waals surface area contributed by atoms with Crippen LogP contribution in [0.2, 0.25) is 0 Å². The normalized spacial score (nSPS) is 16.4. The second kappa shape index (κ2) is 18.8. The molecule has 0 saturated heterocycles. The van der Waals surface area contributed by atoms with Gasteiger partial charge in [0.05, 0.1) is 0 Å². The summed E-state index contributed by atoms with van der Waals surface area (Å²) in [6.45, 7) is 8.69. The molecule has 4 aliphatic carbocycles. The number of hydrogen-bond acceptors (Lipinski definition) is 4. The highest BCUT2D eigenvalue weighted by atomic mass is 16.5. The van der Waals surface area contributed by atoms with Crippen LogP contribution in [0.15, 0.2) is 84.9 Å². The minimum atomic E-state index is -0.123. The Balaban J connectivity index is 0.947. The lowest BCUT2D eigenvalue weighted by molar-refractivity contribution is 0.106. The second-order valence-corrected chi connectivity index (χ2v) is 19.8. The van der Waals surface area contributed by atoms with Gasteiger partial charge in [-0.05, 0) is 233 Å². The van der Waals surface area contributed by atoms with Crippen molar-refractivity contribution in [2.24, 2.45) is 0 Å². The van der Waals surface area contributed by atoms with Crippen LogP contribution in [-0.2, 0) is 51.4 Å². The number of aromatic hydroxyl groups is 2. The maximum atomic E-state index is 12.4. The van der Waals surface area contributed by atoms with E-state index < -0.39 is 0 Å². The van der Waals surface area contributed by atoms with E-state index in [1.165, 1.54) is 107 Å². The predicted octanol–water partition coefficient (Wildman–Crippen LogP) is 15.3. The molecule has 4 aliphatic rings. The molecule has 10 rings (SSSR count). The number of ether oxygens (including phenoxy) is 2. The maximum absolute atomic E-state index is 12.4. The third-order valence-corrected chi connectivity index (χ3v) is 15.4. The molecule has 336 valence electrons. The fourth-order valence-corrected chi connectivity index (χ4v) is 12.1. The van der Waals surface area contributed by atoms with Crippen LogP contribution in [0.1, 0.15) is 140 Å². The highest BCUT2D eigenvalue weighted by Gasteiger charge is 2.29. The van der Waals surface area contributed by atoms with Gasteiger partial charge in [-0.1, -0.05) is 62.4 Å². The summed E-state index contributed by atoms with van der Waals surface area (Å²) in [6, 6.07) is 30.2. The molecule has 6 aromatic rings. The van der Waals surface area contributed by atoms with E-state index in [2.05, 4.69) is 100 Å². The lowest BCUT2D eigenvalue weighted by atomic mass is 9.76. The van der Waals surface area contributed by atoms with Crippen molar-refractivity contribution < 1.29 is 19.7 Å². The number of phenols is 2. The number of rotatable bonds is 12. The molecule has 0 amide bonds. The predicted molar refractivity (Wildman–Crippen MR) is 268 cm³/mol. The average Bonchev–Trinajstić information content (AvgIpc) is 3.33. The zero-order valence-corrected chi connectivity index (χ0v) is 39.4. The molecule has 0 fully saturated rings. The van der Waals surface area contributed by atoms with Crippen molar-refractivity contribution in [1.29, 1.82) is 0 Å². The molecule has 0 saturated carbocycles. The highest BCUT2D eigenvalue weighted by molar-refractivity contribution is 5.90. The molecule has 0 spiro atoms. The Morgan fingerprint density at radius 3 is 1.09 bits per heavy atom. The summed E-state index contributed by atoms with van der Waals surface area (Å²) < 4.78 is 14.0. The van der Waals surface area contributed by atoms with Gasteiger partial charge in [0.15, 0.2) is 0 Å². The van der Waals surface area contributed by atoms with Gasteiger partial charge >= 0.3 is 0 Å². The zero-order valence-electron chi connectivity index (χ0n) is 39.4. The summed E-state index contributed by atoms with van der Waals surface area (Å²) in [4.78, 5) is 0. The van der Waals surface area contributed by atoms with Crippen molar-refractivity contribution in [2.45, 2.75) is 162 Å². The number of benzene rings is 6. The van der Waals surface area contributed by atoms with Gasteiger partial charge in [0.1, 0.15) is 35.2 Å². The third kappa shape index (κ3) is 8.47. The Bertz CT molecular complexity index is 2480. The van der Waals surface area contributed by atoms with Gasteiger partial charge < -0.3 is 19.7 Å². The Kier molecular flexibility index (Phi) is 12.5. The van der Waals surface area contributed by atoms with Crippen LogP contribution in [0, 0.1) is 13.8 Å². The standard InChI is InChI=1S/C61H68O4/c1-5-44(64-56-29-17-15-27-50(56)52-31-38(3)33-54(60(52)62)58-46-23-11-7-19-40(46)35-41-20-8-12-24-47(41)58)37-45(6-2)65-57-30-18-16-28-51(57)53-32-39(4)34-55(61(53)63)59-48-25-13-9-21-42(48)36-43-22-10-14-26-49(43)59/h15-18,27-36,44-45,62-63H,5-14,19-26,37H2,1-4H3/t44-,45?/m1/s1. The minimum Gasteiger partial charge on any atom is -0.507 e. The molecule has 0 heterocycles. The molecule has 2 atom stereocenters. The Labute approximate surface area is 388 Å². The number of aryl methyl sites for hydroxylation is 6. The van der Waals surface area contributed by atoms with E-state index in [1.807, 2.05) is 12.1 Å². The van der Waals surface area contributed by atoms with Crippen molar-refractivity contribution in [2.75, 3.05) is 0 Å². The van der Waals surface area contributed by atoms with Crippen LogP contribution in [0.3, 0.4) is 0 Å². The Morgan fingerprint density at radius 2 is 0.738 bits per heavy atom. The molecular formula is C61H68O4. The average molecular weight is 865 g/mol. The number of fused-ring (bicyclic) bond motifs is 4. The molecule has 0 bridgehead atoms. The van der Waals surface area contributed by atoms with Gasteiger partial charge in [-0.15, -0.1) is 0 Å². The molecule has 4 nitrogen and oxygen atoms in total. The second-order valence-electron chi connectivity index (χ2n) is 19.8. The quantitative estimate of drug-likeness (QED) is 0.129. The van der Waals surface area contributed by atoms with Crippen molar-refractivity contribution in [3.05, 3.63) is 141 Å². The summed E-state index contributed by atoms with van der Waals surface area (Å²) in [5, 5.41) is 24.9. The maximum Gasteiger partial charge on any atom is 0.131 e. The SMILES string of the molecule is CCC(C[C@@H](CC)Oc1ccccc1-c1cc(C)cc(-c2c3c(cc4c2CCCC4)CCCC3)c1O)Oc1ccccc1-c1cc(C)cc(-c2c3c(cc4c2CCCC4)CCCC3)c1O. The van der Waals surface area contributed by atoms with Crippen LogP contribution in [0.5, 0.6) is 23.0 Å². The van der Waals surface area contributed by atoms with Gasteiger partial charge in [0.25, 0.3) is 0 Å². The Morgan fingerprint density at radius 1 is 0.415 bits per heavy atom. The molecule has 0 aliphatic heterocycles. The van der Waals surface area contributed by atoms with Crippen molar-refractivity contribution >= 4 is 0 Å². The first-order chi connectivity index (χ1) is 31.8. The van der Waals surface area contributed by atoms with Crippen molar-refractivity contribution in [3.8, 4) is 67.5 Å². The van der Waals surface area contributed by atoms with Crippen LogP contribution in [0.4, 0.5) is 0 Å². The van der Waals surface area contributed by atoms with Crippen molar-refractivity contribution in [1.82, 2.24) is 0 Å². The monoisotopic (exact) mass is 865 g/mol. The fraction of sp³-hybridized carbons (Fsp3) is 0.410.